The molecule has 12 heteroatoms. The topological polar surface area (TPSA) is 164 Å². The molecule has 6 unspecified atom stereocenters. The number of hydrogen-bond acceptors (Lipinski definition) is 12. The van der Waals surface area contributed by atoms with E-state index in [-0.39, 0.29) is 41.7 Å². The first-order chi connectivity index (χ1) is 26.3. The second-order valence-electron chi connectivity index (χ2n) is 14.6. The predicted molar refractivity (Wildman–Crippen MR) is 207 cm³/mol. The first kappa shape index (κ1) is 42.8. The maximum Gasteiger partial charge on any atom is 0.360 e. The molecule has 4 heterocycles. The number of methoxy groups -OCH3 is 1. The molecule has 2 aromatic heterocycles. The standard InChI is InChI=1S/C43H54N2O10/c1-8-18-34(46)42(3,4)36-23-14-12-10-11-13-20-29(50-7)26-39-45-31(28-52-39)41(49)55-37(43(5,6)35(47)19-9-2)24-17-22-33-32(53-33)21-15-16-25-38-44-30(27-51-38)40(48)54-36/h9-17,19-22,25,27-29,32-33,35-37,47H,8,18,23-24,26H2,1-7H3/b11-10?,14-12?,19-9+,20-13?,21-15?,22-17?,25-16?. The molecule has 4 bridgehead atoms. The maximum absolute atomic E-state index is 13.3. The lowest BCUT2D eigenvalue weighted by atomic mass is 9.78. The molecule has 0 saturated carbocycles. The van der Waals surface area contributed by atoms with Gasteiger partial charge in [-0.3, -0.25) is 4.79 Å². The number of nitrogens with zero attached hydrogens (tertiary/aromatic N) is 2. The van der Waals surface area contributed by atoms with Crippen molar-refractivity contribution in [2.24, 2.45) is 10.8 Å². The van der Waals surface area contributed by atoms with Crippen LogP contribution >= 0.6 is 0 Å². The molecule has 0 aliphatic carbocycles. The summed E-state index contributed by atoms with van der Waals surface area (Å²) in [5, 5.41) is 10.9. The van der Waals surface area contributed by atoms with Gasteiger partial charge in [0.15, 0.2) is 17.3 Å². The molecule has 2 aliphatic rings. The predicted octanol–water partition coefficient (Wildman–Crippen LogP) is 7.69. The Morgan fingerprint density at radius 3 is 2.27 bits per heavy atom. The van der Waals surface area contributed by atoms with Crippen LogP contribution in [0.1, 0.15) is 100.0 Å². The fourth-order valence-electron chi connectivity index (χ4n) is 5.77. The first-order valence-electron chi connectivity index (χ1n) is 18.7. The fourth-order valence-corrected chi connectivity index (χ4v) is 5.77. The van der Waals surface area contributed by atoms with Gasteiger partial charge in [0.2, 0.25) is 5.89 Å². The number of aromatic nitrogens is 2. The number of carbonyl (C=O) groups is 3. The number of rotatable bonds is 8. The summed E-state index contributed by atoms with van der Waals surface area (Å²) >= 11 is 0. The largest absolute Gasteiger partial charge is 0.457 e. The number of allylic oxidation sites excluding steroid dienone is 7. The van der Waals surface area contributed by atoms with E-state index in [1.807, 2.05) is 76.3 Å². The van der Waals surface area contributed by atoms with E-state index in [2.05, 4.69) is 9.97 Å². The molecule has 6 atom stereocenters. The molecule has 0 amide bonds. The maximum atomic E-state index is 13.3. The van der Waals surface area contributed by atoms with E-state index >= 15 is 0 Å². The molecule has 0 spiro atoms. The number of esters is 2. The quantitative estimate of drug-likeness (QED) is 0.159. The van der Waals surface area contributed by atoms with Crippen LogP contribution in [-0.4, -0.2) is 76.5 Å². The SMILES string of the molecule is C/C=C/C(O)C(C)(C)C1CC=CC2OC2C=CC=Cc2nc(co2)C(=O)OC(C(C)(C)C(=O)CCC)CC=CC=CC=CC(OC)Cc2nc(co2)C(=O)O1. The summed E-state index contributed by atoms with van der Waals surface area (Å²) < 4.78 is 34.3. The number of aliphatic hydroxyl groups is 1. The van der Waals surface area contributed by atoms with Gasteiger partial charge in [-0.15, -0.1) is 0 Å². The summed E-state index contributed by atoms with van der Waals surface area (Å²) in [5.41, 5.74) is -1.78. The Balaban J connectivity index is 1.58. The highest BCUT2D eigenvalue weighted by molar-refractivity contribution is 5.89. The molecule has 296 valence electrons. The van der Waals surface area contributed by atoms with Crippen molar-refractivity contribution >= 4 is 23.8 Å². The number of ketones is 1. The minimum atomic E-state index is -0.942. The molecule has 4 rings (SSSR count). The van der Waals surface area contributed by atoms with Gasteiger partial charge < -0.3 is 32.9 Å². The molecule has 2 aromatic rings. The zero-order valence-electron chi connectivity index (χ0n) is 32.8. The lowest BCUT2D eigenvalue weighted by Gasteiger charge is -2.36. The van der Waals surface area contributed by atoms with Gasteiger partial charge in [0.1, 0.15) is 42.7 Å². The highest BCUT2D eigenvalue weighted by Gasteiger charge is 2.40. The molecule has 1 N–H and O–H groups in total. The van der Waals surface area contributed by atoms with Crippen LogP contribution in [0.25, 0.3) is 6.08 Å². The van der Waals surface area contributed by atoms with E-state index < -0.39 is 47.2 Å². The van der Waals surface area contributed by atoms with E-state index in [4.69, 9.17) is 27.8 Å². The number of carbonyl (C=O) groups excluding carboxylic acids is 3. The van der Waals surface area contributed by atoms with Crippen LogP contribution in [0.2, 0.25) is 0 Å². The number of hydrogen-bond donors (Lipinski definition) is 1. The Labute approximate surface area is 323 Å². The summed E-state index contributed by atoms with van der Waals surface area (Å²) in [6, 6.07) is 0. The third-order valence-corrected chi connectivity index (χ3v) is 9.67. The van der Waals surface area contributed by atoms with Gasteiger partial charge in [-0.2, -0.15) is 0 Å². The molecule has 0 radical (unpaired) electrons. The van der Waals surface area contributed by atoms with E-state index in [0.29, 0.717) is 31.6 Å². The lowest BCUT2D eigenvalue weighted by molar-refractivity contribution is -0.133. The van der Waals surface area contributed by atoms with Crippen molar-refractivity contribution in [2.45, 2.75) is 110 Å². The number of epoxide rings is 1. The molecule has 2 aliphatic heterocycles. The van der Waals surface area contributed by atoms with E-state index in [0.717, 1.165) is 0 Å². The van der Waals surface area contributed by atoms with Gasteiger partial charge in [0.25, 0.3) is 0 Å². The first-order valence-corrected chi connectivity index (χ1v) is 18.7. The second-order valence-corrected chi connectivity index (χ2v) is 14.6. The van der Waals surface area contributed by atoms with Crippen LogP contribution in [0.4, 0.5) is 0 Å². The van der Waals surface area contributed by atoms with Crippen LogP contribution in [0.5, 0.6) is 0 Å². The van der Waals surface area contributed by atoms with Crippen molar-refractivity contribution in [2.75, 3.05) is 7.11 Å². The normalized spacial score (nSPS) is 24.0. The average Bonchev–Trinajstić information content (AvgIpc) is 3.47. The van der Waals surface area contributed by atoms with E-state index in [1.54, 1.807) is 57.4 Å². The molecule has 12 nitrogen and oxygen atoms in total. The summed E-state index contributed by atoms with van der Waals surface area (Å²) in [6.07, 6.45) is 26.4. The zero-order valence-corrected chi connectivity index (χ0v) is 32.8. The van der Waals surface area contributed by atoms with Crippen molar-refractivity contribution in [3.8, 4) is 0 Å². The molecule has 0 aromatic carbocycles. The zero-order chi connectivity index (χ0) is 40.0. The van der Waals surface area contributed by atoms with Crippen molar-refractivity contribution < 1.29 is 47.3 Å². The average molecular weight is 759 g/mol. The molecule has 1 saturated heterocycles. The van der Waals surface area contributed by atoms with Crippen LogP contribution < -0.4 is 0 Å². The van der Waals surface area contributed by atoms with Crippen molar-refractivity contribution in [1.29, 1.82) is 0 Å². The summed E-state index contributed by atoms with van der Waals surface area (Å²) in [4.78, 5) is 48.2. The Bertz CT molecular complexity index is 1800. The lowest BCUT2D eigenvalue weighted by Crippen LogP contribution is -2.42. The van der Waals surface area contributed by atoms with Crippen molar-refractivity contribution in [3.63, 3.8) is 0 Å². The van der Waals surface area contributed by atoms with Gasteiger partial charge in [-0.05, 0) is 27.2 Å². The second kappa shape index (κ2) is 20.1. The Hall–Kier alpha value is -4.91. The highest BCUT2D eigenvalue weighted by atomic mass is 16.6. The number of Topliss-reactive ketones (excluding diaryl/α,β-unsaturated/α-hetero) is 1. The van der Waals surface area contributed by atoms with Gasteiger partial charge in [-0.1, -0.05) is 99.8 Å². The van der Waals surface area contributed by atoms with Gasteiger partial charge in [0, 0.05) is 37.9 Å². The summed E-state index contributed by atoms with van der Waals surface area (Å²) in [6.45, 7) is 11.0. The number of fused-ring (bicyclic) bond motifs is 5. The molecular weight excluding hydrogens is 704 g/mol. The Morgan fingerprint density at radius 1 is 0.891 bits per heavy atom. The van der Waals surface area contributed by atoms with Crippen molar-refractivity contribution in [3.05, 3.63) is 115 Å². The van der Waals surface area contributed by atoms with E-state index in [9.17, 15) is 19.5 Å². The minimum Gasteiger partial charge on any atom is -0.457 e. The third kappa shape index (κ3) is 12.3. The third-order valence-electron chi connectivity index (χ3n) is 9.67. The van der Waals surface area contributed by atoms with Gasteiger partial charge >= 0.3 is 11.9 Å². The van der Waals surface area contributed by atoms with Crippen LogP contribution in [0, 0.1) is 10.8 Å². The number of oxazole rings is 2. The number of cyclic esters (lactones) is 2. The monoisotopic (exact) mass is 758 g/mol. The van der Waals surface area contributed by atoms with Gasteiger partial charge in [0.05, 0.1) is 24.0 Å². The van der Waals surface area contributed by atoms with Crippen LogP contribution in [0.3, 0.4) is 0 Å². The van der Waals surface area contributed by atoms with Crippen LogP contribution in [0.15, 0.2) is 100 Å². The van der Waals surface area contributed by atoms with Crippen molar-refractivity contribution in [1.82, 2.24) is 9.97 Å². The van der Waals surface area contributed by atoms with Gasteiger partial charge in [-0.25, -0.2) is 19.6 Å². The Kier molecular flexibility index (Phi) is 15.7. The Morgan fingerprint density at radius 2 is 1.55 bits per heavy atom. The molecule has 55 heavy (non-hydrogen) atoms. The van der Waals surface area contributed by atoms with E-state index in [1.165, 1.54) is 12.5 Å². The fraction of sp³-hybridized carbons (Fsp3) is 0.465. The number of aliphatic hydroxyl groups excluding tert-OH is 1. The highest BCUT2D eigenvalue weighted by Crippen LogP contribution is 2.33. The molecular formula is C43H54N2O10. The summed E-state index contributed by atoms with van der Waals surface area (Å²) in [5.74, 6) is -0.857. The minimum absolute atomic E-state index is 0.00140. The smallest absolute Gasteiger partial charge is 0.360 e. The van der Waals surface area contributed by atoms with Crippen LogP contribution in [-0.2, 0) is 30.2 Å². The summed E-state index contributed by atoms with van der Waals surface area (Å²) in [7, 11) is 1.56. The molecule has 1 fully saturated rings. The number of ether oxygens (including phenoxy) is 4.